The van der Waals surface area contributed by atoms with Crippen LogP contribution in [0, 0.1) is 12.8 Å². The highest BCUT2D eigenvalue weighted by Gasteiger charge is 2.25. The lowest BCUT2D eigenvalue weighted by Gasteiger charge is -2.32. The molecule has 1 aromatic carbocycles. The zero-order valence-corrected chi connectivity index (χ0v) is 13.6. The normalized spacial score (nSPS) is 21.9. The number of hydrogen-bond donors (Lipinski definition) is 1. The van der Waals surface area contributed by atoms with Crippen LogP contribution >= 0.6 is 0 Å². The van der Waals surface area contributed by atoms with Gasteiger partial charge in [-0.3, -0.25) is 0 Å². The first kappa shape index (κ1) is 15.2. The fourth-order valence-electron chi connectivity index (χ4n) is 3.46. The van der Waals surface area contributed by atoms with E-state index in [0.29, 0.717) is 6.04 Å². The van der Waals surface area contributed by atoms with Crippen molar-refractivity contribution >= 4 is 0 Å². The first-order chi connectivity index (χ1) is 10.7. The highest BCUT2D eigenvalue weighted by molar-refractivity contribution is 5.15. The van der Waals surface area contributed by atoms with Gasteiger partial charge in [-0.1, -0.05) is 43.2 Å². The first-order valence-corrected chi connectivity index (χ1v) is 8.36. The maximum atomic E-state index is 4.26. The highest BCUT2D eigenvalue weighted by atomic mass is 15.3. The van der Waals surface area contributed by atoms with E-state index in [9.17, 15) is 0 Å². The molecule has 1 fully saturated rings. The smallest absolute Gasteiger partial charge is 0.146 e. The lowest BCUT2D eigenvalue weighted by atomic mass is 9.80. The Morgan fingerprint density at radius 1 is 1.14 bits per heavy atom. The molecule has 0 spiro atoms. The quantitative estimate of drug-likeness (QED) is 0.922. The van der Waals surface area contributed by atoms with Crippen LogP contribution in [0.4, 0.5) is 0 Å². The SMILES string of the molecule is Cc1nnc(CN[C@H]2CCCC[C@H]2Cc2ccccc2)n1C. The molecule has 118 valence electrons. The summed E-state index contributed by atoms with van der Waals surface area (Å²) in [7, 11) is 2.04. The van der Waals surface area contributed by atoms with Gasteiger partial charge in [0.05, 0.1) is 6.54 Å². The van der Waals surface area contributed by atoms with Gasteiger partial charge in [0, 0.05) is 13.1 Å². The van der Waals surface area contributed by atoms with Crippen LogP contribution < -0.4 is 5.32 Å². The summed E-state index contributed by atoms with van der Waals surface area (Å²) in [6.07, 6.45) is 6.47. The number of rotatable bonds is 5. The van der Waals surface area contributed by atoms with Crippen LogP contribution in [0.1, 0.15) is 42.9 Å². The Morgan fingerprint density at radius 3 is 2.64 bits per heavy atom. The van der Waals surface area contributed by atoms with Crippen molar-refractivity contribution in [2.24, 2.45) is 13.0 Å². The number of aromatic nitrogens is 3. The van der Waals surface area contributed by atoms with Crippen LogP contribution in [-0.2, 0) is 20.0 Å². The molecule has 1 heterocycles. The van der Waals surface area contributed by atoms with Crippen LogP contribution in [-0.4, -0.2) is 20.8 Å². The van der Waals surface area contributed by atoms with Gasteiger partial charge in [0.2, 0.25) is 0 Å². The lowest BCUT2D eigenvalue weighted by Crippen LogP contribution is -2.39. The monoisotopic (exact) mass is 298 g/mol. The van der Waals surface area contributed by atoms with E-state index in [2.05, 4.69) is 50.4 Å². The van der Waals surface area contributed by atoms with E-state index in [4.69, 9.17) is 0 Å². The molecule has 0 aliphatic heterocycles. The molecule has 4 nitrogen and oxygen atoms in total. The largest absolute Gasteiger partial charge is 0.317 e. The maximum Gasteiger partial charge on any atom is 0.146 e. The van der Waals surface area contributed by atoms with Gasteiger partial charge in [-0.2, -0.15) is 0 Å². The van der Waals surface area contributed by atoms with Crippen LogP contribution in [0.5, 0.6) is 0 Å². The van der Waals surface area contributed by atoms with E-state index in [1.807, 2.05) is 14.0 Å². The van der Waals surface area contributed by atoms with E-state index in [1.165, 1.54) is 37.7 Å². The van der Waals surface area contributed by atoms with Crippen molar-refractivity contribution in [1.82, 2.24) is 20.1 Å². The Bertz CT molecular complexity index is 590. The summed E-state index contributed by atoms with van der Waals surface area (Å²) < 4.78 is 2.07. The van der Waals surface area contributed by atoms with Crippen LogP contribution in [0.3, 0.4) is 0 Å². The molecule has 0 radical (unpaired) electrons. The lowest BCUT2D eigenvalue weighted by molar-refractivity contribution is 0.257. The standard InChI is InChI=1S/C18H26N4/c1-14-20-21-18(22(14)2)13-19-17-11-7-6-10-16(17)12-15-8-4-3-5-9-15/h3-5,8-9,16-17,19H,6-7,10-13H2,1-2H3/t16-,17-/m0/s1. The summed E-state index contributed by atoms with van der Waals surface area (Å²) in [5.41, 5.74) is 1.45. The summed E-state index contributed by atoms with van der Waals surface area (Å²) in [6, 6.07) is 11.5. The Morgan fingerprint density at radius 2 is 1.91 bits per heavy atom. The van der Waals surface area contributed by atoms with E-state index < -0.39 is 0 Å². The van der Waals surface area contributed by atoms with Crippen molar-refractivity contribution in [2.45, 2.75) is 51.6 Å². The van der Waals surface area contributed by atoms with E-state index in [-0.39, 0.29) is 0 Å². The molecule has 1 aliphatic carbocycles. The summed E-state index contributed by atoms with van der Waals surface area (Å²) in [5, 5.41) is 12.1. The summed E-state index contributed by atoms with van der Waals surface area (Å²) in [6.45, 7) is 2.81. The van der Waals surface area contributed by atoms with E-state index >= 15 is 0 Å². The molecule has 1 aromatic heterocycles. The number of nitrogens with zero attached hydrogens (tertiary/aromatic N) is 3. The molecule has 0 bridgehead atoms. The molecule has 1 saturated carbocycles. The minimum atomic E-state index is 0.589. The Kier molecular flexibility index (Phi) is 4.88. The molecule has 4 heteroatoms. The van der Waals surface area contributed by atoms with Crippen molar-refractivity contribution in [2.75, 3.05) is 0 Å². The highest BCUT2D eigenvalue weighted by Crippen LogP contribution is 2.27. The molecule has 22 heavy (non-hydrogen) atoms. The Balaban J connectivity index is 1.61. The predicted molar refractivity (Wildman–Crippen MR) is 88.5 cm³/mol. The minimum Gasteiger partial charge on any atom is -0.317 e. The van der Waals surface area contributed by atoms with Crippen molar-refractivity contribution in [3.8, 4) is 0 Å². The number of aryl methyl sites for hydroxylation is 1. The Hall–Kier alpha value is -1.68. The first-order valence-electron chi connectivity index (χ1n) is 8.36. The molecular weight excluding hydrogens is 272 g/mol. The number of nitrogens with one attached hydrogen (secondary N) is 1. The van der Waals surface area contributed by atoms with Crippen molar-refractivity contribution < 1.29 is 0 Å². The molecule has 0 saturated heterocycles. The third-order valence-electron chi connectivity index (χ3n) is 4.95. The second kappa shape index (κ2) is 7.05. The number of benzene rings is 1. The summed E-state index contributed by atoms with van der Waals surface area (Å²) in [5.74, 6) is 2.73. The van der Waals surface area contributed by atoms with Gasteiger partial charge in [0.15, 0.2) is 0 Å². The molecule has 3 rings (SSSR count). The van der Waals surface area contributed by atoms with Crippen molar-refractivity contribution in [1.29, 1.82) is 0 Å². The average molecular weight is 298 g/mol. The van der Waals surface area contributed by atoms with Gasteiger partial charge < -0.3 is 9.88 Å². The van der Waals surface area contributed by atoms with Crippen molar-refractivity contribution in [3.63, 3.8) is 0 Å². The second-order valence-electron chi connectivity index (χ2n) is 6.44. The minimum absolute atomic E-state index is 0.589. The van der Waals surface area contributed by atoms with Gasteiger partial charge in [-0.15, -0.1) is 10.2 Å². The van der Waals surface area contributed by atoms with Crippen LogP contribution in [0.25, 0.3) is 0 Å². The molecule has 0 unspecified atom stereocenters. The van der Waals surface area contributed by atoms with Gasteiger partial charge in [-0.25, -0.2) is 0 Å². The molecule has 2 aromatic rings. The summed E-state index contributed by atoms with van der Waals surface area (Å²) in [4.78, 5) is 0. The zero-order valence-electron chi connectivity index (χ0n) is 13.6. The Labute approximate surface area is 133 Å². The van der Waals surface area contributed by atoms with E-state index in [1.54, 1.807) is 0 Å². The van der Waals surface area contributed by atoms with Gasteiger partial charge in [0.1, 0.15) is 11.6 Å². The zero-order chi connectivity index (χ0) is 15.4. The molecule has 1 aliphatic rings. The molecular formula is C18H26N4. The summed E-state index contributed by atoms with van der Waals surface area (Å²) >= 11 is 0. The van der Waals surface area contributed by atoms with E-state index in [0.717, 1.165) is 24.1 Å². The predicted octanol–water partition coefficient (Wildman–Crippen LogP) is 3.01. The number of hydrogen-bond acceptors (Lipinski definition) is 3. The molecule has 1 N–H and O–H groups in total. The third kappa shape index (κ3) is 3.55. The molecule has 0 amide bonds. The fourth-order valence-corrected chi connectivity index (χ4v) is 3.46. The van der Waals surface area contributed by atoms with Gasteiger partial charge >= 0.3 is 0 Å². The average Bonchev–Trinajstić information content (AvgIpc) is 2.87. The van der Waals surface area contributed by atoms with Crippen molar-refractivity contribution in [3.05, 3.63) is 47.5 Å². The van der Waals surface area contributed by atoms with Crippen LogP contribution in [0.2, 0.25) is 0 Å². The third-order valence-corrected chi connectivity index (χ3v) is 4.95. The second-order valence-corrected chi connectivity index (χ2v) is 6.44. The maximum absolute atomic E-state index is 4.26. The van der Waals surface area contributed by atoms with Gasteiger partial charge in [0.25, 0.3) is 0 Å². The van der Waals surface area contributed by atoms with Crippen LogP contribution in [0.15, 0.2) is 30.3 Å². The fraction of sp³-hybridized carbons (Fsp3) is 0.556. The topological polar surface area (TPSA) is 42.7 Å². The molecule has 2 atom stereocenters. The van der Waals surface area contributed by atoms with Gasteiger partial charge in [-0.05, 0) is 37.7 Å².